The van der Waals surface area contributed by atoms with Gasteiger partial charge in [0.25, 0.3) is 0 Å². The van der Waals surface area contributed by atoms with E-state index in [1.165, 1.54) is 6.42 Å². The highest BCUT2D eigenvalue weighted by molar-refractivity contribution is 4.86. The van der Waals surface area contributed by atoms with Crippen LogP contribution in [0.15, 0.2) is 0 Å². The zero-order chi connectivity index (χ0) is 12.9. The molecule has 1 fully saturated rings. The zero-order valence-corrected chi connectivity index (χ0v) is 12.0. The molecule has 1 aliphatic heterocycles. The molecule has 0 amide bonds. The van der Waals surface area contributed by atoms with Gasteiger partial charge in [-0.2, -0.15) is 0 Å². The highest BCUT2D eigenvalue weighted by atomic mass is 16.5. The van der Waals surface area contributed by atoms with Gasteiger partial charge in [-0.15, -0.1) is 0 Å². The number of nitrogens with two attached hydrogens (primary N) is 1. The Balaban J connectivity index is 2.49. The number of nitrogens with zero attached hydrogens (tertiary/aromatic N) is 1. The minimum atomic E-state index is 0.290. The minimum absolute atomic E-state index is 0.290. The fraction of sp³-hybridized carbons (Fsp3) is 1.00. The standard InChI is InChI=1S/C14H30N2O/c1-12(2)9-13(3)16(4)11-14(10-15)5-7-17-8-6-14/h12-13H,5-11,15H2,1-4H3. The summed E-state index contributed by atoms with van der Waals surface area (Å²) < 4.78 is 5.46. The van der Waals surface area contributed by atoms with E-state index in [2.05, 4.69) is 32.7 Å². The lowest BCUT2D eigenvalue weighted by Crippen LogP contribution is -2.47. The van der Waals surface area contributed by atoms with E-state index in [0.29, 0.717) is 6.04 Å². The molecule has 1 rings (SSSR count). The van der Waals surface area contributed by atoms with Crippen molar-refractivity contribution >= 4 is 0 Å². The maximum Gasteiger partial charge on any atom is 0.0472 e. The number of rotatable bonds is 6. The molecule has 1 heterocycles. The second-order valence-electron chi connectivity index (χ2n) is 6.21. The zero-order valence-electron chi connectivity index (χ0n) is 12.0. The Morgan fingerprint density at radius 1 is 1.24 bits per heavy atom. The number of hydrogen-bond acceptors (Lipinski definition) is 3. The van der Waals surface area contributed by atoms with Crippen LogP contribution in [0, 0.1) is 11.3 Å². The molecule has 102 valence electrons. The van der Waals surface area contributed by atoms with Gasteiger partial charge in [0.2, 0.25) is 0 Å². The van der Waals surface area contributed by atoms with Gasteiger partial charge in [-0.25, -0.2) is 0 Å². The summed E-state index contributed by atoms with van der Waals surface area (Å²) in [7, 11) is 2.24. The topological polar surface area (TPSA) is 38.5 Å². The summed E-state index contributed by atoms with van der Waals surface area (Å²) in [5.41, 5.74) is 6.30. The first-order valence-corrected chi connectivity index (χ1v) is 6.97. The Morgan fingerprint density at radius 2 is 1.82 bits per heavy atom. The van der Waals surface area contributed by atoms with Crippen LogP contribution < -0.4 is 5.73 Å². The van der Waals surface area contributed by atoms with Crippen molar-refractivity contribution in [2.45, 2.75) is 46.1 Å². The van der Waals surface area contributed by atoms with E-state index in [0.717, 1.165) is 45.1 Å². The maximum absolute atomic E-state index is 6.01. The quantitative estimate of drug-likeness (QED) is 0.775. The molecule has 0 aromatic rings. The first-order valence-electron chi connectivity index (χ1n) is 6.97. The lowest BCUT2D eigenvalue weighted by molar-refractivity contribution is -0.00257. The smallest absolute Gasteiger partial charge is 0.0472 e. The summed E-state index contributed by atoms with van der Waals surface area (Å²) in [6, 6.07) is 0.640. The van der Waals surface area contributed by atoms with Crippen LogP contribution in [0.4, 0.5) is 0 Å². The van der Waals surface area contributed by atoms with Crippen molar-refractivity contribution in [3.8, 4) is 0 Å². The largest absolute Gasteiger partial charge is 0.381 e. The van der Waals surface area contributed by atoms with Crippen LogP contribution in [0.2, 0.25) is 0 Å². The second-order valence-corrected chi connectivity index (χ2v) is 6.21. The first kappa shape index (κ1) is 14.9. The fourth-order valence-electron chi connectivity index (χ4n) is 2.78. The third-order valence-electron chi connectivity index (χ3n) is 4.14. The van der Waals surface area contributed by atoms with E-state index in [1.54, 1.807) is 0 Å². The van der Waals surface area contributed by atoms with E-state index in [1.807, 2.05) is 0 Å². The summed E-state index contributed by atoms with van der Waals surface area (Å²) >= 11 is 0. The maximum atomic E-state index is 6.01. The Kier molecular flexibility index (Phi) is 5.90. The molecule has 0 spiro atoms. The van der Waals surface area contributed by atoms with Gasteiger partial charge in [0.15, 0.2) is 0 Å². The van der Waals surface area contributed by atoms with Crippen LogP contribution in [0.3, 0.4) is 0 Å². The highest BCUT2D eigenvalue weighted by Crippen LogP contribution is 2.30. The molecule has 0 radical (unpaired) electrons. The van der Waals surface area contributed by atoms with Gasteiger partial charge < -0.3 is 15.4 Å². The monoisotopic (exact) mass is 242 g/mol. The lowest BCUT2D eigenvalue weighted by Gasteiger charge is -2.41. The highest BCUT2D eigenvalue weighted by Gasteiger charge is 2.33. The molecule has 17 heavy (non-hydrogen) atoms. The van der Waals surface area contributed by atoms with Crippen molar-refractivity contribution in [3.05, 3.63) is 0 Å². The molecule has 1 unspecified atom stereocenters. The third-order valence-corrected chi connectivity index (χ3v) is 4.14. The molecule has 0 saturated carbocycles. The molecule has 1 aliphatic rings. The van der Waals surface area contributed by atoms with Gasteiger partial charge in [0.1, 0.15) is 0 Å². The molecule has 0 bridgehead atoms. The Labute approximate surface area is 107 Å². The van der Waals surface area contributed by atoms with Gasteiger partial charge in [-0.3, -0.25) is 0 Å². The molecule has 2 N–H and O–H groups in total. The number of ether oxygens (including phenoxy) is 1. The van der Waals surface area contributed by atoms with Crippen molar-refractivity contribution in [1.29, 1.82) is 0 Å². The molecular weight excluding hydrogens is 212 g/mol. The van der Waals surface area contributed by atoms with Crippen molar-refractivity contribution in [1.82, 2.24) is 4.90 Å². The summed E-state index contributed by atoms with van der Waals surface area (Å²) in [5, 5.41) is 0. The lowest BCUT2D eigenvalue weighted by atomic mass is 9.79. The van der Waals surface area contributed by atoms with Crippen LogP contribution in [-0.4, -0.2) is 44.3 Å². The van der Waals surface area contributed by atoms with Crippen molar-refractivity contribution in [2.75, 3.05) is 33.4 Å². The van der Waals surface area contributed by atoms with E-state index < -0.39 is 0 Å². The van der Waals surface area contributed by atoms with Crippen LogP contribution in [0.5, 0.6) is 0 Å². The predicted molar refractivity (Wildman–Crippen MR) is 73.1 cm³/mol. The van der Waals surface area contributed by atoms with E-state index in [-0.39, 0.29) is 5.41 Å². The summed E-state index contributed by atoms with van der Waals surface area (Å²) in [5.74, 6) is 0.760. The van der Waals surface area contributed by atoms with Gasteiger partial charge in [0.05, 0.1) is 0 Å². The molecule has 0 aromatic carbocycles. The summed E-state index contributed by atoms with van der Waals surface area (Å²) in [4.78, 5) is 2.48. The second kappa shape index (κ2) is 6.72. The molecular formula is C14H30N2O. The van der Waals surface area contributed by atoms with Crippen molar-refractivity contribution < 1.29 is 4.74 Å². The minimum Gasteiger partial charge on any atom is -0.381 e. The Hall–Kier alpha value is -0.120. The SMILES string of the molecule is CC(C)CC(C)N(C)CC1(CN)CCOCC1. The molecule has 3 nitrogen and oxygen atoms in total. The molecule has 3 heteroatoms. The van der Waals surface area contributed by atoms with Gasteiger partial charge in [0, 0.05) is 25.8 Å². The van der Waals surface area contributed by atoms with Gasteiger partial charge in [-0.05, 0) is 51.1 Å². The normalized spacial score (nSPS) is 22.1. The van der Waals surface area contributed by atoms with E-state index in [9.17, 15) is 0 Å². The predicted octanol–water partition coefficient (Wildman–Crippen LogP) is 2.11. The van der Waals surface area contributed by atoms with E-state index >= 15 is 0 Å². The molecule has 1 saturated heterocycles. The van der Waals surface area contributed by atoms with Crippen LogP contribution >= 0.6 is 0 Å². The van der Waals surface area contributed by atoms with Crippen LogP contribution in [0.1, 0.15) is 40.0 Å². The molecule has 0 aliphatic carbocycles. The first-order chi connectivity index (χ1) is 7.99. The third kappa shape index (κ3) is 4.57. The van der Waals surface area contributed by atoms with Crippen molar-refractivity contribution in [2.24, 2.45) is 17.1 Å². The van der Waals surface area contributed by atoms with Crippen LogP contribution in [0.25, 0.3) is 0 Å². The van der Waals surface area contributed by atoms with Gasteiger partial charge >= 0.3 is 0 Å². The molecule has 1 atom stereocenters. The fourth-order valence-corrected chi connectivity index (χ4v) is 2.78. The van der Waals surface area contributed by atoms with Crippen molar-refractivity contribution in [3.63, 3.8) is 0 Å². The Morgan fingerprint density at radius 3 is 2.29 bits per heavy atom. The van der Waals surface area contributed by atoms with Crippen LogP contribution in [-0.2, 0) is 4.74 Å². The van der Waals surface area contributed by atoms with Gasteiger partial charge in [-0.1, -0.05) is 13.8 Å². The average molecular weight is 242 g/mol. The summed E-state index contributed by atoms with van der Waals surface area (Å²) in [6.45, 7) is 10.6. The average Bonchev–Trinajstić information content (AvgIpc) is 2.29. The molecule has 0 aromatic heterocycles. The Bertz CT molecular complexity index is 212. The summed E-state index contributed by atoms with van der Waals surface area (Å²) in [6.07, 6.45) is 3.48. The van der Waals surface area contributed by atoms with E-state index in [4.69, 9.17) is 10.5 Å². The number of hydrogen-bond donors (Lipinski definition) is 1.